The summed E-state index contributed by atoms with van der Waals surface area (Å²) < 4.78 is 23.6. The number of aromatic nitrogens is 1. The third-order valence-corrected chi connectivity index (χ3v) is 1.47. The predicted molar refractivity (Wildman–Crippen MR) is 47.9 cm³/mol. The topological polar surface area (TPSA) is 74.7 Å². The van der Waals surface area contributed by atoms with E-state index < -0.39 is 13.0 Å². The Balaban J connectivity index is 2.76. The number of nitrogen functional groups attached to an aromatic ring is 1. The molecule has 1 aromatic heterocycles. The molecule has 0 aliphatic heterocycles. The zero-order valence-electron chi connectivity index (χ0n) is 7.17. The van der Waals surface area contributed by atoms with Crippen LogP contribution in [0, 0.1) is 11.3 Å². The molecule has 0 aliphatic carbocycles. The van der Waals surface area contributed by atoms with Gasteiger partial charge in [0, 0.05) is 0 Å². The van der Waals surface area contributed by atoms with E-state index in [-0.39, 0.29) is 17.2 Å². The van der Waals surface area contributed by atoms with Crippen LogP contribution in [0.25, 0.3) is 0 Å². The number of hydrogen-bond donors (Lipinski definition) is 2. The Morgan fingerprint density at radius 2 is 2.29 bits per heavy atom. The predicted octanol–water partition coefficient (Wildman–Crippen LogP) is 1.21. The van der Waals surface area contributed by atoms with Gasteiger partial charge in [-0.2, -0.15) is 5.26 Å². The molecule has 14 heavy (non-hydrogen) atoms. The molecule has 0 bridgehead atoms. The molecule has 74 valence electrons. The van der Waals surface area contributed by atoms with Gasteiger partial charge in [0.15, 0.2) is 5.69 Å². The van der Waals surface area contributed by atoms with Gasteiger partial charge in [0.2, 0.25) is 0 Å². The Labute approximate surface area is 79.4 Å². The molecule has 0 radical (unpaired) electrons. The highest BCUT2D eigenvalue weighted by molar-refractivity contribution is 5.54. The minimum Gasteiger partial charge on any atom is -0.396 e. The van der Waals surface area contributed by atoms with Gasteiger partial charge in [-0.05, 0) is 12.1 Å². The summed E-state index contributed by atoms with van der Waals surface area (Å²) in [6, 6.07) is 4.65. The fourth-order valence-corrected chi connectivity index (χ4v) is 0.840. The summed E-state index contributed by atoms with van der Waals surface area (Å²) in [6.07, 6.45) is -2.46. The normalized spacial score (nSPS) is 9.86. The Hall–Kier alpha value is -1.90. The van der Waals surface area contributed by atoms with E-state index in [1.54, 1.807) is 6.07 Å². The van der Waals surface area contributed by atoms with Crippen molar-refractivity contribution in [2.24, 2.45) is 0 Å². The van der Waals surface area contributed by atoms with Crippen molar-refractivity contribution >= 4 is 11.5 Å². The van der Waals surface area contributed by atoms with E-state index in [0.717, 1.165) is 0 Å². The number of halogens is 2. The van der Waals surface area contributed by atoms with Crippen LogP contribution in [0.3, 0.4) is 0 Å². The van der Waals surface area contributed by atoms with Crippen LogP contribution < -0.4 is 11.1 Å². The van der Waals surface area contributed by atoms with E-state index in [1.165, 1.54) is 12.1 Å². The van der Waals surface area contributed by atoms with Gasteiger partial charge in [0.1, 0.15) is 11.9 Å². The Morgan fingerprint density at radius 1 is 1.57 bits per heavy atom. The number of hydrogen-bond acceptors (Lipinski definition) is 4. The third kappa shape index (κ3) is 2.55. The first kappa shape index (κ1) is 10.2. The number of pyridine rings is 1. The number of nitrogens with one attached hydrogen (secondary N) is 1. The second-order valence-corrected chi connectivity index (χ2v) is 2.52. The summed E-state index contributed by atoms with van der Waals surface area (Å²) in [5.74, 6) is 0.219. The van der Waals surface area contributed by atoms with E-state index in [4.69, 9.17) is 11.0 Å². The van der Waals surface area contributed by atoms with Crippen molar-refractivity contribution < 1.29 is 8.78 Å². The van der Waals surface area contributed by atoms with Gasteiger partial charge in [-0.25, -0.2) is 13.8 Å². The highest BCUT2D eigenvalue weighted by atomic mass is 19.3. The summed E-state index contributed by atoms with van der Waals surface area (Å²) in [5.41, 5.74) is 5.66. The smallest absolute Gasteiger partial charge is 0.255 e. The number of alkyl halides is 2. The van der Waals surface area contributed by atoms with E-state index in [1.807, 2.05) is 0 Å². The molecule has 0 fully saturated rings. The van der Waals surface area contributed by atoms with Crippen molar-refractivity contribution in [2.75, 3.05) is 17.6 Å². The van der Waals surface area contributed by atoms with E-state index in [2.05, 4.69) is 10.3 Å². The van der Waals surface area contributed by atoms with Gasteiger partial charge in [-0.3, -0.25) is 0 Å². The molecule has 0 aliphatic rings. The fourth-order valence-electron chi connectivity index (χ4n) is 0.840. The van der Waals surface area contributed by atoms with Gasteiger partial charge in [-0.15, -0.1) is 0 Å². The summed E-state index contributed by atoms with van der Waals surface area (Å²) >= 11 is 0. The molecule has 0 unspecified atom stereocenters. The first-order valence-electron chi connectivity index (χ1n) is 3.82. The van der Waals surface area contributed by atoms with Crippen LogP contribution in [-0.4, -0.2) is 18.0 Å². The average Bonchev–Trinajstić information content (AvgIpc) is 2.16. The second kappa shape index (κ2) is 4.37. The lowest BCUT2D eigenvalue weighted by molar-refractivity contribution is 0.163. The summed E-state index contributed by atoms with van der Waals surface area (Å²) in [7, 11) is 0. The van der Waals surface area contributed by atoms with Crippen LogP contribution in [-0.2, 0) is 0 Å². The van der Waals surface area contributed by atoms with Crippen molar-refractivity contribution in [2.45, 2.75) is 6.43 Å². The molecule has 0 spiro atoms. The largest absolute Gasteiger partial charge is 0.396 e. The first-order chi connectivity index (χ1) is 6.63. The molecular weight excluding hydrogens is 190 g/mol. The number of anilines is 2. The molecular formula is C8H8F2N4. The van der Waals surface area contributed by atoms with Crippen molar-refractivity contribution in [1.82, 2.24) is 4.98 Å². The lowest BCUT2D eigenvalue weighted by Gasteiger charge is -2.05. The lowest BCUT2D eigenvalue weighted by Crippen LogP contribution is -2.11. The van der Waals surface area contributed by atoms with Crippen molar-refractivity contribution in [3.8, 4) is 6.07 Å². The van der Waals surface area contributed by atoms with Crippen LogP contribution in [0.1, 0.15) is 5.69 Å². The van der Waals surface area contributed by atoms with Crippen molar-refractivity contribution in [3.63, 3.8) is 0 Å². The van der Waals surface area contributed by atoms with Crippen LogP contribution >= 0.6 is 0 Å². The maximum atomic E-state index is 11.8. The van der Waals surface area contributed by atoms with Crippen LogP contribution in [0.5, 0.6) is 0 Å². The van der Waals surface area contributed by atoms with Gasteiger partial charge in [0.05, 0.1) is 12.2 Å². The number of nitrogens with two attached hydrogens (primary N) is 1. The molecule has 1 heterocycles. The van der Waals surface area contributed by atoms with Crippen molar-refractivity contribution in [1.29, 1.82) is 5.26 Å². The lowest BCUT2D eigenvalue weighted by atomic mass is 10.3. The molecule has 1 aromatic rings. The second-order valence-electron chi connectivity index (χ2n) is 2.52. The minimum absolute atomic E-state index is 0.0317. The fraction of sp³-hybridized carbons (Fsp3) is 0.250. The molecule has 0 saturated carbocycles. The Bertz CT molecular complexity index is 359. The standard InChI is InChI=1S/C8H8F2N4/c9-7(10)4-13-8-2-1-5(12)6(3-11)14-8/h1-2,7H,4,12H2,(H,13,14). The van der Waals surface area contributed by atoms with Crippen LogP contribution in [0.15, 0.2) is 12.1 Å². The number of nitriles is 1. The monoisotopic (exact) mass is 198 g/mol. The quantitative estimate of drug-likeness (QED) is 0.765. The minimum atomic E-state index is -2.46. The molecule has 0 saturated heterocycles. The summed E-state index contributed by atoms with van der Waals surface area (Å²) in [5, 5.41) is 10.9. The molecule has 6 heteroatoms. The zero-order chi connectivity index (χ0) is 10.6. The van der Waals surface area contributed by atoms with Crippen LogP contribution in [0.2, 0.25) is 0 Å². The first-order valence-corrected chi connectivity index (χ1v) is 3.82. The summed E-state index contributed by atoms with van der Waals surface area (Å²) in [4.78, 5) is 3.73. The zero-order valence-corrected chi connectivity index (χ0v) is 7.17. The molecule has 1 rings (SSSR count). The SMILES string of the molecule is N#Cc1nc(NCC(F)F)ccc1N. The van der Waals surface area contributed by atoms with E-state index in [0.29, 0.717) is 0 Å². The maximum Gasteiger partial charge on any atom is 0.255 e. The van der Waals surface area contributed by atoms with Gasteiger partial charge in [-0.1, -0.05) is 0 Å². The molecule has 4 nitrogen and oxygen atoms in total. The molecule has 0 atom stereocenters. The van der Waals surface area contributed by atoms with E-state index in [9.17, 15) is 8.78 Å². The highest BCUT2D eigenvalue weighted by Crippen LogP contribution is 2.12. The van der Waals surface area contributed by atoms with Crippen molar-refractivity contribution in [3.05, 3.63) is 17.8 Å². The average molecular weight is 198 g/mol. The molecule has 3 N–H and O–H groups in total. The van der Waals surface area contributed by atoms with Crippen LogP contribution in [0.4, 0.5) is 20.3 Å². The third-order valence-electron chi connectivity index (χ3n) is 1.47. The van der Waals surface area contributed by atoms with Gasteiger partial charge in [0.25, 0.3) is 6.43 Å². The highest BCUT2D eigenvalue weighted by Gasteiger charge is 2.04. The Kier molecular flexibility index (Phi) is 3.18. The van der Waals surface area contributed by atoms with Gasteiger partial charge < -0.3 is 11.1 Å². The van der Waals surface area contributed by atoms with Gasteiger partial charge >= 0.3 is 0 Å². The molecule has 0 amide bonds. The number of rotatable bonds is 3. The maximum absolute atomic E-state index is 11.8. The molecule has 0 aromatic carbocycles. The van der Waals surface area contributed by atoms with E-state index >= 15 is 0 Å². The summed E-state index contributed by atoms with van der Waals surface area (Å²) in [6.45, 7) is -0.498. The Morgan fingerprint density at radius 3 is 2.86 bits per heavy atom. The number of nitrogens with zero attached hydrogens (tertiary/aromatic N) is 2.